The molecular weight excluding hydrogens is 281 g/mol. The van der Waals surface area contributed by atoms with Gasteiger partial charge in [-0.15, -0.1) is 0 Å². The molecule has 21 heavy (non-hydrogen) atoms. The first-order valence-corrected chi connectivity index (χ1v) is 5.85. The summed E-state index contributed by atoms with van der Waals surface area (Å²) >= 11 is 0. The van der Waals surface area contributed by atoms with E-state index in [1.165, 1.54) is 37.5 Å². The van der Waals surface area contributed by atoms with Crippen LogP contribution in [0, 0.1) is 11.0 Å². The number of fused-ring (bicyclic) bond motifs is 1. The normalized spacial score (nSPS) is 10.8. The standard InChI is InChI=1S/C12H10FN5O3/c1-20-11-9(3-14-12(15-11)21-2)18-5-7-4-17(19)6-8(13)10(7)16-18/h3-6H,1-2H3. The molecule has 0 aliphatic heterocycles. The van der Waals surface area contributed by atoms with Gasteiger partial charge in [0.05, 0.1) is 25.8 Å². The number of hydrogen-bond acceptors (Lipinski definition) is 6. The summed E-state index contributed by atoms with van der Waals surface area (Å²) in [5.74, 6) is -0.500. The topological polar surface area (TPSA) is 89.0 Å². The number of hydrogen-bond donors (Lipinski definition) is 0. The lowest BCUT2D eigenvalue weighted by Gasteiger charge is -2.07. The van der Waals surface area contributed by atoms with Gasteiger partial charge in [-0.25, -0.2) is 9.67 Å². The van der Waals surface area contributed by atoms with Gasteiger partial charge < -0.3 is 14.7 Å². The number of ether oxygens (including phenoxy) is 2. The first-order valence-electron chi connectivity index (χ1n) is 5.85. The fourth-order valence-corrected chi connectivity index (χ4v) is 1.89. The third kappa shape index (κ3) is 2.18. The molecule has 8 nitrogen and oxygen atoms in total. The lowest BCUT2D eigenvalue weighted by atomic mass is 10.3. The Hall–Kier alpha value is -2.97. The summed E-state index contributed by atoms with van der Waals surface area (Å²) < 4.78 is 25.5. The maximum absolute atomic E-state index is 13.7. The number of nitrogens with zero attached hydrogens (tertiary/aromatic N) is 5. The van der Waals surface area contributed by atoms with Crippen LogP contribution in [0.5, 0.6) is 11.9 Å². The van der Waals surface area contributed by atoms with Crippen molar-refractivity contribution in [2.75, 3.05) is 14.2 Å². The van der Waals surface area contributed by atoms with Gasteiger partial charge in [0.15, 0.2) is 6.20 Å². The van der Waals surface area contributed by atoms with E-state index in [4.69, 9.17) is 9.47 Å². The van der Waals surface area contributed by atoms with E-state index in [0.717, 1.165) is 6.20 Å². The van der Waals surface area contributed by atoms with Crippen molar-refractivity contribution >= 4 is 10.9 Å². The van der Waals surface area contributed by atoms with Crippen LogP contribution in [0.2, 0.25) is 0 Å². The molecule has 0 aliphatic rings. The highest BCUT2D eigenvalue weighted by Crippen LogP contribution is 2.23. The Morgan fingerprint density at radius 3 is 2.81 bits per heavy atom. The molecule has 0 amide bonds. The van der Waals surface area contributed by atoms with Crippen LogP contribution in [0.15, 0.2) is 24.8 Å². The van der Waals surface area contributed by atoms with Crippen molar-refractivity contribution in [3.05, 3.63) is 35.8 Å². The van der Waals surface area contributed by atoms with Crippen LogP contribution in [-0.2, 0) is 0 Å². The Balaban J connectivity index is 2.18. The Morgan fingerprint density at radius 2 is 2.10 bits per heavy atom. The van der Waals surface area contributed by atoms with Crippen molar-refractivity contribution in [2.45, 2.75) is 0 Å². The molecule has 3 aromatic rings. The maximum Gasteiger partial charge on any atom is 0.319 e. The van der Waals surface area contributed by atoms with E-state index >= 15 is 0 Å². The minimum absolute atomic E-state index is 0.0694. The van der Waals surface area contributed by atoms with Gasteiger partial charge in [0.1, 0.15) is 11.2 Å². The molecule has 3 rings (SSSR count). The lowest BCUT2D eigenvalue weighted by molar-refractivity contribution is -0.605. The van der Waals surface area contributed by atoms with Crippen molar-refractivity contribution in [3.63, 3.8) is 0 Å². The van der Waals surface area contributed by atoms with Gasteiger partial charge in [-0.1, -0.05) is 0 Å². The molecule has 0 aromatic carbocycles. The van der Waals surface area contributed by atoms with Gasteiger partial charge in [-0.05, 0) is 0 Å². The van der Waals surface area contributed by atoms with E-state index in [1.807, 2.05) is 0 Å². The van der Waals surface area contributed by atoms with Gasteiger partial charge in [-0.3, -0.25) is 0 Å². The summed E-state index contributed by atoms with van der Waals surface area (Å²) in [5.41, 5.74) is 0.464. The van der Waals surface area contributed by atoms with Crippen molar-refractivity contribution < 1.29 is 18.6 Å². The molecule has 0 spiro atoms. The zero-order chi connectivity index (χ0) is 15.0. The van der Waals surface area contributed by atoms with E-state index in [0.29, 0.717) is 15.8 Å². The molecule has 3 aromatic heterocycles. The van der Waals surface area contributed by atoms with Crippen molar-refractivity contribution in [2.24, 2.45) is 0 Å². The number of methoxy groups -OCH3 is 2. The van der Waals surface area contributed by atoms with Crippen LogP contribution in [0.4, 0.5) is 4.39 Å². The quantitative estimate of drug-likeness (QED) is 0.519. The van der Waals surface area contributed by atoms with Crippen LogP contribution in [0.3, 0.4) is 0 Å². The monoisotopic (exact) mass is 291 g/mol. The van der Waals surface area contributed by atoms with Crippen LogP contribution in [0.25, 0.3) is 16.6 Å². The Morgan fingerprint density at radius 1 is 1.29 bits per heavy atom. The third-order valence-corrected chi connectivity index (χ3v) is 2.81. The molecule has 3 heterocycles. The van der Waals surface area contributed by atoms with Crippen LogP contribution >= 0.6 is 0 Å². The molecule has 0 aliphatic carbocycles. The van der Waals surface area contributed by atoms with E-state index in [2.05, 4.69) is 15.1 Å². The Labute approximate surface area is 118 Å². The summed E-state index contributed by atoms with van der Waals surface area (Å²) in [7, 11) is 2.86. The Kier molecular flexibility index (Phi) is 3.01. The number of halogens is 1. The molecule has 0 unspecified atom stereocenters. The van der Waals surface area contributed by atoms with Crippen molar-refractivity contribution in [1.82, 2.24) is 19.7 Å². The highest BCUT2D eigenvalue weighted by molar-refractivity contribution is 5.77. The van der Waals surface area contributed by atoms with Gasteiger partial charge in [-0.2, -0.15) is 19.2 Å². The third-order valence-electron chi connectivity index (χ3n) is 2.81. The number of pyridine rings is 1. The molecule has 0 atom stereocenters. The summed E-state index contributed by atoms with van der Waals surface area (Å²) in [6.07, 6.45) is 4.94. The molecule has 0 fully saturated rings. The fraction of sp³-hybridized carbons (Fsp3) is 0.167. The fourth-order valence-electron chi connectivity index (χ4n) is 1.89. The minimum Gasteiger partial charge on any atom is -0.619 e. The van der Waals surface area contributed by atoms with Gasteiger partial charge in [0, 0.05) is 6.20 Å². The maximum atomic E-state index is 13.7. The molecule has 0 saturated heterocycles. The molecule has 0 bridgehead atoms. The molecule has 9 heteroatoms. The second kappa shape index (κ2) is 4.85. The van der Waals surface area contributed by atoms with E-state index < -0.39 is 5.82 Å². The van der Waals surface area contributed by atoms with Gasteiger partial charge in [0.25, 0.3) is 0 Å². The molecule has 0 radical (unpaired) electrons. The summed E-state index contributed by atoms with van der Waals surface area (Å²) in [4.78, 5) is 7.98. The average molecular weight is 291 g/mol. The minimum atomic E-state index is -0.713. The molecule has 0 N–H and O–H groups in total. The summed E-state index contributed by atoms with van der Waals surface area (Å²) in [5, 5.41) is 15.7. The highest BCUT2D eigenvalue weighted by atomic mass is 19.1. The van der Waals surface area contributed by atoms with E-state index in [9.17, 15) is 9.60 Å². The first-order chi connectivity index (χ1) is 10.1. The SMILES string of the molecule is COc1ncc(-n2cc3c[n+]([O-])cc(F)c3n2)c(OC)n1. The van der Waals surface area contributed by atoms with Crippen LogP contribution in [-0.4, -0.2) is 34.0 Å². The van der Waals surface area contributed by atoms with Crippen molar-refractivity contribution in [1.29, 1.82) is 0 Å². The zero-order valence-electron chi connectivity index (χ0n) is 11.1. The number of rotatable bonds is 3. The summed E-state index contributed by atoms with van der Waals surface area (Å²) in [6.45, 7) is 0. The van der Waals surface area contributed by atoms with E-state index in [-0.39, 0.29) is 17.4 Å². The summed E-state index contributed by atoms with van der Waals surface area (Å²) in [6, 6.07) is 0.135. The zero-order valence-corrected chi connectivity index (χ0v) is 11.1. The second-order valence-electron chi connectivity index (χ2n) is 4.09. The second-order valence-corrected chi connectivity index (χ2v) is 4.09. The van der Waals surface area contributed by atoms with E-state index in [1.54, 1.807) is 0 Å². The number of aromatic nitrogens is 5. The van der Waals surface area contributed by atoms with Crippen LogP contribution in [0.1, 0.15) is 0 Å². The lowest BCUT2D eigenvalue weighted by Crippen LogP contribution is -2.24. The average Bonchev–Trinajstić information content (AvgIpc) is 2.90. The Bertz CT molecular complexity index is 820. The smallest absolute Gasteiger partial charge is 0.319 e. The largest absolute Gasteiger partial charge is 0.619 e. The predicted molar refractivity (Wildman–Crippen MR) is 68.7 cm³/mol. The van der Waals surface area contributed by atoms with Crippen LogP contribution < -0.4 is 14.2 Å². The van der Waals surface area contributed by atoms with Gasteiger partial charge >= 0.3 is 6.01 Å². The molecular formula is C12H10FN5O3. The van der Waals surface area contributed by atoms with Crippen molar-refractivity contribution in [3.8, 4) is 17.6 Å². The molecule has 0 saturated carbocycles. The predicted octanol–water partition coefficient (Wildman–Crippen LogP) is 0.605. The molecule has 108 valence electrons. The first kappa shape index (κ1) is 13.0. The highest BCUT2D eigenvalue weighted by Gasteiger charge is 2.16. The van der Waals surface area contributed by atoms with Gasteiger partial charge in [0.2, 0.25) is 17.9 Å².